The van der Waals surface area contributed by atoms with E-state index in [1.54, 1.807) is 34.7 Å². The van der Waals surface area contributed by atoms with Gasteiger partial charge in [-0.25, -0.2) is 9.78 Å². The molecule has 2 aromatic heterocycles. The molecule has 0 fully saturated rings. The summed E-state index contributed by atoms with van der Waals surface area (Å²) in [7, 11) is 0. The van der Waals surface area contributed by atoms with Gasteiger partial charge in [0.15, 0.2) is 5.13 Å². The molecule has 6 nitrogen and oxygen atoms in total. The second-order valence-corrected chi connectivity index (χ2v) is 7.23. The molecular weight excluding hydrogens is 386 g/mol. The SMILES string of the molecule is CC(=O)N(c1nc(COC(=O)/C=C/c2ccccn2)cs1)c1cccc(C)c1C. The average molecular weight is 407 g/mol. The van der Waals surface area contributed by atoms with Gasteiger partial charge in [-0.05, 0) is 49.2 Å². The lowest BCUT2D eigenvalue weighted by Crippen LogP contribution is -2.23. The number of carbonyl (C=O) groups excluding carboxylic acids is 2. The summed E-state index contributed by atoms with van der Waals surface area (Å²) >= 11 is 1.33. The fourth-order valence-corrected chi connectivity index (χ4v) is 3.54. The zero-order chi connectivity index (χ0) is 20.8. The van der Waals surface area contributed by atoms with Gasteiger partial charge >= 0.3 is 5.97 Å². The topological polar surface area (TPSA) is 72.4 Å². The Morgan fingerprint density at radius 1 is 1.17 bits per heavy atom. The molecular formula is C22H21N3O3S. The number of pyridine rings is 1. The van der Waals surface area contributed by atoms with Crippen molar-refractivity contribution in [3.63, 3.8) is 0 Å². The molecule has 0 aliphatic carbocycles. The largest absolute Gasteiger partial charge is 0.456 e. The highest BCUT2D eigenvalue weighted by Gasteiger charge is 2.20. The summed E-state index contributed by atoms with van der Waals surface area (Å²) in [6.45, 7) is 5.51. The summed E-state index contributed by atoms with van der Waals surface area (Å²) in [4.78, 5) is 34.4. The van der Waals surface area contributed by atoms with Crippen molar-refractivity contribution >= 4 is 40.1 Å². The van der Waals surface area contributed by atoms with Gasteiger partial charge in [-0.1, -0.05) is 18.2 Å². The number of carbonyl (C=O) groups is 2. The van der Waals surface area contributed by atoms with Crippen LogP contribution in [0.15, 0.2) is 54.1 Å². The van der Waals surface area contributed by atoms with Crippen molar-refractivity contribution in [3.05, 3.63) is 76.6 Å². The second-order valence-electron chi connectivity index (χ2n) is 6.39. The van der Waals surface area contributed by atoms with Crippen molar-refractivity contribution in [1.82, 2.24) is 9.97 Å². The number of benzene rings is 1. The molecule has 0 saturated carbocycles. The van der Waals surface area contributed by atoms with Gasteiger partial charge in [0.25, 0.3) is 0 Å². The fraction of sp³-hybridized carbons (Fsp3) is 0.182. The van der Waals surface area contributed by atoms with E-state index in [9.17, 15) is 9.59 Å². The molecule has 148 valence electrons. The van der Waals surface area contributed by atoms with Gasteiger partial charge in [-0.15, -0.1) is 11.3 Å². The smallest absolute Gasteiger partial charge is 0.331 e. The van der Waals surface area contributed by atoms with Gasteiger partial charge in [0.2, 0.25) is 5.91 Å². The number of aromatic nitrogens is 2. The van der Waals surface area contributed by atoms with E-state index in [0.29, 0.717) is 16.5 Å². The number of amides is 1. The molecule has 0 spiro atoms. The maximum atomic E-state index is 12.3. The lowest BCUT2D eigenvalue weighted by molar-refractivity contribution is -0.139. The number of rotatable bonds is 6. The molecule has 0 unspecified atom stereocenters. The number of hydrogen-bond acceptors (Lipinski definition) is 6. The highest BCUT2D eigenvalue weighted by Crippen LogP contribution is 2.32. The van der Waals surface area contributed by atoms with Gasteiger partial charge in [-0.2, -0.15) is 0 Å². The van der Waals surface area contributed by atoms with Crippen LogP contribution in [-0.4, -0.2) is 21.8 Å². The highest BCUT2D eigenvalue weighted by molar-refractivity contribution is 7.14. The molecule has 0 aliphatic heterocycles. The Balaban J connectivity index is 1.69. The maximum Gasteiger partial charge on any atom is 0.331 e. The number of nitrogens with zero attached hydrogens (tertiary/aromatic N) is 3. The lowest BCUT2D eigenvalue weighted by Gasteiger charge is -2.21. The molecule has 3 aromatic rings. The zero-order valence-electron chi connectivity index (χ0n) is 16.5. The molecule has 0 bridgehead atoms. The van der Waals surface area contributed by atoms with Crippen LogP contribution in [0, 0.1) is 13.8 Å². The molecule has 0 radical (unpaired) electrons. The molecule has 0 saturated heterocycles. The summed E-state index contributed by atoms with van der Waals surface area (Å²) in [5.41, 5.74) is 4.17. The Labute approximate surface area is 173 Å². The van der Waals surface area contributed by atoms with Gasteiger partial charge in [0.05, 0.1) is 17.1 Å². The Morgan fingerprint density at radius 2 is 2.00 bits per heavy atom. The number of ether oxygens (including phenoxy) is 1. The first kappa shape index (κ1) is 20.4. The van der Waals surface area contributed by atoms with Crippen LogP contribution in [0.3, 0.4) is 0 Å². The Kier molecular flexibility index (Phi) is 6.51. The standard InChI is InChI=1S/C22H21N3O3S/c1-15-7-6-9-20(16(15)2)25(17(3)26)22-24-19(14-29-22)13-28-21(27)11-10-18-8-4-5-12-23-18/h4-12,14H,13H2,1-3H3/b11-10+. The summed E-state index contributed by atoms with van der Waals surface area (Å²) in [6, 6.07) is 11.2. The van der Waals surface area contributed by atoms with Crippen LogP contribution in [-0.2, 0) is 20.9 Å². The van der Waals surface area contributed by atoms with Crippen LogP contribution in [0.5, 0.6) is 0 Å². The van der Waals surface area contributed by atoms with Crippen molar-refractivity contribution in [2.45, 2.75) is 27.4 Å². The van der Waals surface area contributed by atoms with Crippen LogP contribution in [0.1, 0.15) is 29.4 Å². The van der Waals surface area contributed by atoms with E-state index in [1.807, 2.05) is 38.1 Å². The fourth-order valence-electron chi connectivity index (χ4n) is 2.67. The Morgan fingerprint density at radius 3 is 2.72 bits per heavy atom. The van der Waals surface area contributed by atoms with E-state index >= 15 is 0 Å². The maximum absolute atomic E-state index is 12.3. The number of esters is 1. The van der Waals surface area contributed by atoms with Crippen LogP contribution < -0.4 is 4.90 Å². The van der Waals surface area contributed by atoms with E-state index in [4.69, 9.17) is 4.74 Å². The van der Waals surface area contributed by atoms with Crippen molar-refractivity contribution in [2.24, 2.45) is 0 Å². The highest BCUT2D eigenvalue weighted by atomic mass is 32.1. The molecule has 29 heavy (non-hydrogen) atoms. The van der Waals surface area contributed by atoms with Gasteiger partial charge in [0, 0.05) is 24.6 Å². The normalized spacial score (nSPS) is 10.9. The number of hydrogen-bond donors (Lipinski definition) is 0. The van der Waals surface area contributed by atoms with Crippen molar-refractivity contribution in [1.29, 1.82) is 0 Å². The molecule has 2 heterocycles. The molecule has 0 N–H and O–H groups in total. The minimum atomic E-state index is -0.483. The van der Waals surface area contributed by atoms with Crippen molar-refractivity contribution in [3.8, 4) is 0 Å². The zero-order valence-corrected chi connectivity index (χ0v) is 17.3. The van der Waals surface area contributed by atoms with Crippen molar-refractivity contribution in [2.75, 3.05) is 4.90 Å². The van der Waals surface area contributed by atoms with Crippen LogP contribution in [0.2, 0.25) is 0 Å². The van der Waals surface area contributed by atoms with Crippen LogP contribution in [0.4, 0.5) is 10.8 Å². The first-order valence-corrected chi connectivity index (χ1v) is 9.91. The predicted octanol–water partition coefficient (Wildman–Crippen LogP) is 4.60. The molecule has 1 aromatic carbocycles. The lowest BCUT2D eigenvalue weighted by atomic mass is 10.1. The third kappa shape index (κ3) is 5.14. The quantitative estimate of drug-likeness (QED) is 0.441. The molecule has 0 aliphatic rings. The number of anilines is 2. The first-order valence-electron chi connectivity index (χ1n) is 9.03. The Hall–Kier alpha value is -3.32. The Bertz CT molecular complexity index is 1040. The predicted molar refractivity (Wildman–Crippen MR) is 114 cm³/mol. The summed E-state index contributed by atoms with van der Waals surface area (Å²) in [5.74, 6) is -0.613. The molecule has 7 heteroatoms. The molecule has 1 amide bonds. The van der Waals surface area contributed by atoms with E-state index < -0.39 is 5.97 Å². The third-order valence-electron chi connectivity index (χ3n) is 4.30. The molecule has 3 rings (SSSR count). The van der Waals surface area contributed by atoms with E-state index in [0.717, 1.165) is 16.8 Å². The minimum Gasteiger partial charge on any atom is -0.456 e. The summed E-state index contributed by atoms with van der Waals surface area (Å²) < 4.78 is 5.24. The average Bonchev–Trinajstić information content (AvgIpc) is 3.17. The van der Waals surface area contributed by atoms with E-state index in [2.05, 4.69) is 9.97 Å². The first-order chi connectivity index (χ1) is 14.0. The monoisotopic (exact) mass is 407 g/mol. The van der Waals surface area contributed by atoms with Crippen LogP contribution in [0.25, 0.3) is 6.08 Å². The number of aryl methyl sites for hydroxylation is 1. The summed E-state index contributed by atoms with van der Waals surface area (Å²) in [6.07, 6.45) is 4.57. The summed E-state index contributed by atoms with van der Waals surface area (Å²) in [5, 5.41) is 2.33. The number of thiazole rings is 1. The van der Waals surface area contributed by atoms with Crippen molar-refractivity contribution < 1.29 is 14.3 Å². The van der Waals surface area contributed by atoms with Gasteiger partial charge in [0.1, 0.15) is 6.61 Å². The van der Waals surface area contributed by atoms with Gasteiger partial charge in [-0.3, -0.25) is 14.7 Å². The van der Waals surface area contributed by atoms with Crippen LogP contribution >= 0.6 is 11.3 Å². The van der Waals surface area contributed by atoms with Gasteiger partial charge < -0.3 is 4.74 Å². The second kappa shape index (κ2) is 9.25. The van der Waals surface area contributed by atoms with E-state index in [-0.39, 0.29) is 12.5 Å². The molecule has 0 atom stereocenters. The third-order valence-corrected chi connectivity index (χ3v) is 5.18. The van der Waals surface area contributed by atoms with E-state index in [1.165, 1.54) is 24.3 Å². The minimum absolute atomic E-state index is 0.0282.